The van der Waals surface area contributed by atoms with Gasteiger partial charge in [-0.25, -0.2) is 0 Å². The average Bonchev–Trinajstić information content (AvgIpc) is 3.43. The van der Waals surface area contributed by atoms with Gasteiger partial charge in [0.2, 0.25) is 5.16 Å². The number of fused-ring (bicyclic) bond motifs is 1. The average molecular weight is 443 g/mol. The van der Waals surface area contributed by atoms with E-state index in [0.717, 1.165) is 35.0 Å². The van der Waals surface area contributed by atoms with Crippen LogP contribution in [0.2, 0.25) is 5.02 Å². The Morgan fingerprint density at radius 1 is 1.17 bits per heavy atom. The molecule has 1 atom stereocenters. The van der Waals surface area contributed by atoms with Gasteiger partial charge in [0, 0.05) is 23.3 Å². The first-order chi connectivity index (χ1) is 14.7. The quantitative estimate of drug-likeness (QED) is 0.591. The van der Waals surface area contributed by atoms with Crippen LogP contribution in [0.3, 0.4) is 0 Å². The third kappa shape index (κ3) is 3.66. The second-order valence-corrected chi connectivity index (χ2v) is 8.25. The van der Waals surface area contributed by atoms with Crippen molar-refractivity contribution < 1.29 is 14.2 Å². The summed E-state index contributed by atoms with van der Waals surface area (Å²) in [7, 11) is 1.64. The van der Waals surface area contributed by atoms with E-state index in [2.05, 4.69) is 10.2 Å². The summed E-state index contributed by atoms with van der Waals surface area (Å²) in [6, 6.07) is 13.4. The van der Waals surface area contributed by atoms with E-state index in [1.165, 1.54) is 0 Å². The van der Waals surface area contributed by atoms with Crippen LogP contribution in [0.1, 0.15) is 12.0 Å². The van der Waals surface area contributed by atoms with E-state index in [0.29, 0.717) is 34.7 Å². The van der Waals surface area contributed by atoms with Crippen LogP contribution in [0.5, 0.6) is 11.5 Å². The number of aromatic nitrogens is 3. The van der Waals surface area contributed by atoms with Crippen LogP contribution in [0.15, 0.2) is 52.7 Å². The molecule has 1 aromatic heterocycles. The standard InChI is InChI=1S/C21H19ClN4O3S/c1-27-18-7-6-13(10-19(18)29-14-8-9-28-11-14)17-12-30-21-24-23-20(26(21)25-17)15-4-2-3-5-16(15)22/h2-7,10,14H,8-9,11-12H2,1H3/t14-/m0/s1. The maximum Gasteiger partial charge on any atom is 0.212 e. The fourth-order valence-electron chi connectivity index (χ4n) is 3.41. The Morgan fingerprint density at radius 3 is 2.87 bits per heavy atom. The number of hydrogen-bond acceptors (Lipinski definition) is 7. The summed E-state index contributed by atoms with van der Waals surface area (Å²) in [5, 5.41) is 14.8. The molecule has 3 aromatic rings. The van der Waals surface area contributed by atoms with Crippen molar-refractivity contribution in [1.82, 2.24) is 14.9 Å². The molecule has 2 aliphatic rings. The van der Waals surface area contributed by atoms with Gasteiger partial charge < -0.3 is 14.2 Å². The van der Waals surface area contributed by atoms with Crippen LogP contribution < -0.4 is 9.47 Å². The normalized spacial score (nSPS) is 18.1. The Balaban J connectivity index is 1.51. The van der Waals surface area contributed by atoms with Crippen molar-refractivity contribution in [3.63, 3.8) is 0 Å². The molecule has 5 rings (SSSR count). The molecule has 0 bridgehead atoms. The number of thioether (sulfide) groups is 1. The third-order valence-corrected chi connectivity index (χ3v) is 6.22. The van der Waals surface area contributed by atoms with E-state index in [9.17, 15) is 0 Å². The predicted molar refractivity (Wildman–Crippen MR) is 116 cm³/mol. The van der Waals surface area contributed by atoms with Crippen LogP contribution in [0, 0.1) is 0 Å². The molecule has 0 unspecified atom stereocenters. The molecule has 1 saturated heterocycles. The van der Waals surface area contributed by atoms with Gasteiger partial charge in [-0.3, -0.25) is 0 Å². The summed E-state index contributed by atoms with van der Waals surface area (Å²) in [5.41, 5.74) is 2.65. The van der Waals surface area contributed by atoms with Gasteiger partial charge in [0.1, 0.15) is 6.10 Å². The molecule has 0 spiro atoms. The van der Waals surface area contributed by atoms with Gasteiger partial charge >= 0.3 is 0 Å². The monoisotopic (exact) mass is 442 g/mol. The first-order valence-corrected chi connectivity index (χ1v) is 10.9. The molecular formula is C21H19ClN4O3S. The first kappa shape index (κ1) is 19.4. The highest BCUT2D eigenvalue weighted by atomic mass is 35.5. The Kier molecular flexibility index (Phi) is 5.37. The number of halogens is 1. The fraction of sp³-hybridized carbons (Fsp3) is 0.286. The van der Waals surface area contributed by atoms with Gasteiger partial charge in [-0.15, -0.1) is 10.2 Å². The number of rotatable bonds is 5. The molecule has 0 N–H and O–H groups in total. The molecule has 1 fully saturated rings. The van der Waals surface area contributed by atoms with Crippen molar-refractivity contribution in [2.24, 2.45) is 5.10 Å². The molecule has 7 nitrogen and oxygen atoms in total. The van der Waals surface area contributed by atoms with Gasteiger partial charge in [-0.2, -0.15) is 9.78 Å². The maximum absolute atomic E-state index is 6.37. The Hall–Kier alpha value is -2.55. The Morgan fingerprint density at radius 2 is 2.07 bits per heavy atom. The molecule has 2 aliphatic heterocycles. The molecule has 3 heterocycles. The second kappa shape index (κ2) is 8.29. The summed E-state index contributed by atoms with van der Waals surface area (Å²) in [4.78, 5) is 0. The van der Waals surface area contributed by atoms with E-state index in [4.69, 9.17) is 30.9 Å². The van der Waals surface area contributed by atoms with E-state index >= 15 is 0 Å². The molecule has 2 aromatic carbocycles. The third-order valence-electron chi connectivity index (χ3n) is 4.96. The lowest BCUT2D eigenvalue weighted by Gasteiger charge is -2.18. The molecule has 154 valence electrons. The van der Waals surface area contributed by atoms with Crippen LogP contribution >= 0.6 is 23.4 Å². The number of hydrogen-bond donors (Lipinski definition) is 0. The predicted octanol–water partition coefficient (Wildman–Crippen LogP) is 4.13. The molecule has 0 radical (unpaired) electrons. The number of methoxy groups -OCH3 is 1. The van der Waals surface area contributed by atoms with Crippen LogP contribution in [-0.4, -0.2) is 52.8 Å². The molecule has 0 aliphatic carbocycles. The van der Waals surface area contributed by atoms with Crippen molar-refractivity contribution in [3.05, 3.63) is 53.1 Å². The highest BCUT2D eigenvalue weighted by Crippen LogP contribution is 2.34. The largest absolute Gasteiger partial charge is 0.493 e. The van der Waals surface area contributed by atoms with Crippen molar-refractivity contribution in [1.29, 1.82) is 0 Å². The van der Waals surface area contributed by atoms with Crippen molar-refractivity contribution in [2.45, 2.75) is 17.7 Å². The topological polar surface area (TPSA) is 70.8 Å². The molecule has 0 amide bonds. The van der Waals surface area contributed by atoms with E-state index in [-0.39, 0.29) is 6.10 Å². The minimum absolute atomic E-state index is 0.0353. The highest BCUT2D eigenvalue weighted by Gasteiger charge is 2.24. The van der Waals surface area contributed by atoms with Gasteiger partial charge in [-0.1, -0.05) is 35.5 Å². The summed E-state index contributed by atoms with van der Waals surface area (Å²) >= 11 is 7.95. The number of benzene rings is 2. The summed E-state index contributed by atoms with van der Waals surface area (Å²) in [5.74, 6) is 2.68. The lowest BCUT2D eigenvalue weighted by atomic mass is 10.1. The van der Waals surface area contributed by atoms with E-state index in [1.54, 1.807) is 23.5 Å². The molecule has 9 heteroatoms. The Bertz CT molecular complexity index is 1110. The van der Waals surface area contributed by atoms with E-state index in [1.807, 2.05) is 42.5 Å². The van der Waals surface area contributed by atoms with E-state index < -0.39 is 0 Å². The minimum atomic E-state index is 0.0353. The Labute approximate surface area is 183 Å². The second-order valence-electron chi connectivity index (χ2n) is 6.90. The fourth-order valence-corrected chi connectivity index (χ4v) is 4.47. The smallest absolute Gasteiger partial charge is 0.212 e. The zero-order valence-corrected chi connectivity index (χ0v) is 17.8. The molecule has 0 saturated carbocycles. The van der Waals surface area contributed by atoms with Gasteiger partial charge in [0.25, 0.3) is 0 Å². The first-order valence-electron chi connectivity index (χ1n) is 9.56. The highest BCUT2D eigenvalue weighted by molar-refractivity contribution is 7.99. The van der Waals surface area contributed by atoms with Gasteiger partial charge in [-0.05, 0) is 30.3 Å². The number of ether oxygens (including phenoxy) is 3. The van der Waals surface area contributed by atoms with Crippen LogP contribution in [0.25, 0.3) is 11.4 Å². The zero-order valence-electron chi connectivity index (χ0n) is 16.2. The van der Waals surface area contributed by atoms with Crippen LogP contribution in [-0.2, 0) is 4.74 Å². The molecular weight excluding hydrogens is 424 g/mol. The summed E-state index contributed by atoms with van der Waals surface area (Å²) < 4.78 is 18.8. The minimum Gasteiger partial charge on any atom is -0.493 e. The maximum atomic E-state index is 6.37. The molecule has 30 heavy (non-hydrogen) atoms. The van der Waals surface area contributed by atoms with Crippen molar-refractivity contribution in [2.75, 3.05) is 26.1 Å². The zero-order chi connectivity index (χ0) is 20.5. The summed E-state index contributed by atoms with van der Waals surface area (Å²) in [6.07, 6.45) is 0.906. The van der Waals surface area contributed by atoms with Crippen LogP contribution in [0.4, 0.5) is 0 Å². The van der Waals surface area contributed by atoms with Crippen molar-refractivity contribution >= 4 is 29.1 Å². The van der Waals surface area contributed by atoms with Crippen molar-refractivity contribution in [3.8, 4) is 22.9 Å². The van der Waals surface area contributed by atoms with Gasteiger partial charge in [0.15, 0.2) is 17.3 Å². The lowest BCUT2D eigenvalue weighted by molar-refractivity contribution is 0.138. The summed E-state index contributed by atoms with van der Waals surface area (Å²) in [6.45, 7) is 1.31. The van der Waals surface area contributed by atoms with Gasteiger partial charge in [0.05, 0.1) is 31.1 Å². The SMILES string of the molecule is COc1ccc(C2=Nn3c(nnc3-c3ccccc3Cl)SC2)cc1O[C@H]1CCOC1. The lowest BCUT2D eigenvalue weighted by Crippen LogP contribution is -2.17. The number of nitrogens with zero attached hydrogens (tertiary/aromatic N) is 4.